The molecular weight excluding hydrogens is 188 g/mol. The Morgan fingerprint density at radius 2 is 2.15 bits per heavy atom. The van der Waals surface area contributed by atoms with Crippen molar-refractivity contribution in [2.24, 2.45) is 0 Å². The second kappa shape index (κ2) is 5.95. The summed E-state index contributed by atoms with van der Waals surface area (Å²) in [4.78, 5) is 0. The van der Waals surface area contributed by atoms with Crippen LogP contribution in [0.15, 0.2) is 0 Å². The van der Waals surface area contributed by atoms with Crippen LogP contribution >= 0.6 is 0 Å². The number of nitrogens with one attached hydrogen (secondary N) is 1. The Kier molecular flexibility index (Phi) is 5.67. The third-order valence-corrected chi connectivity index (χ3v) is 2.62. The van der Waals surface area contributed by atoms with Crippen molar-refractivity contribution in [1.82, 2.24) is 5.32 Å². The molecule has 0 amide bonds. The van der Waals surface area contributed by atoms with Crippen molar-refractivity contribution in [3.05, 3.63) is 0 Å². The third kappa shape index (κ3) is 9.31. The molecule has 0 aliphatic rings. The summed E-state index contributed by atoms with van der Waals surface area (Å²) in [5, 5.41) is 11.3. The second-order valence-corrected chi connectivity index (χ2v) is 5.39. The van der Waals surface area contributed by atoms with Crippen LogP contribution in [0.25, 0.3) is 0 Å². The van der Waals surface area contributed by atoms with Crippen molar-refractivity contribution in [3.63, 3.8) is 0 Å². The van der Waals surface area contributed by atoms with Gasteiger partial charge in [-0.25, -0.2) is 8.42 Å². The molecule has 4 nitrogen and oxygen atoms in total. The second-order valence-electron chi connectivity index (χ2n) is 3.21. The van der Waals surface area contributed by atoms with E-state index in [0.717, 1.165) is 6.42 Å². The van der Waals surface area contributed by atoms with Crippen LogP contribution in [0, 0.1) is 11.3 Å². The van der Waals surface area contributed by atoms with Gasteiger partial charge in [-0.05, 0) is 19.9 Å². The molecule has 1 unspecified atom stereocenters. The van der Waals surface area contributed by atoms with E-state index in [1.165, 1.54) is 6.26 Å². The SMILES string of the molecule is CC(CS(C)(=O)=O)NCCCC#N. The molecule has 5 heteroatoms. The molecule has 0 aliphatic heterocycles. The van der Waals surface area contributed by atoms with E-state index in [1.807, 2.05) is 13.0 Å². The highest BCUT2D eigenvalue weighted by Crippen LogP contribution is 1.91. The zero-order valence-corrected chi connectivity index (χ0v) is 8.89. The number of sulfone groups is 1. The van der Waals surface area contributed by atoms with Gasteiger partial charge in [0.15, 0.2) is 0 Å². The van der Waals surface area contributed by atoms with E-state index in [2.05, 4.69) is 5.32 Å². The topological polar surface area (TPSA) is 70.0 Å². The molecule has 0 saturated heterocycles. The highest BCUT2D eigenvalue weighted by molar-refractivity contribution is 7.90. The summed E-state index contributed by atoms with van der Waals surface area (Å²) in [6.45, 7) is 2.53. The maximum Gasteiger partial charge on any atom is 0.148 e. The summed E-state index contributed by atoms with van der Waals surface area (Å²) in [6, 6.07) is 2.00. The summed E-state index contributed by atoms with van der Waals surface area (Å²) < 4.78 is 21.7. The predicted octanol–water partition coefficient (Wildman–Crippen LogP) is 0.313. The van der Waals surface area contributed by atoms with E-state index in [9.17, 15) is 8.42 Å². The lowest BCUT2D eigenvalue weighted by Gasteiger charge is -2.11. The predicted molar refractivity (Wildman–Crippen MR) is 52.0 cm³/mol. The van der Waals surface area contributed by atoms with Crippen LogP contribution in [-0.4, -0.2) is 33.0 Å². The maximum atomic E-state index is 10.8. The van der Waals surface area contributed by atoms with E-state index >= 15 is 0 Å². The van der Waals surface area contributed by atoms with Crippen molar-refractivity contribution in [2.45, 2.75) is 25.8 Å². The van der Waals surface area contributed by atoms with Gasteiger partial charge in [0, 0.05) is 18.7 Å². The van der Waals surface area contributed by atoms with E-state index in [1.54, 1.807) is 0 Å². The molecule has 0 heterocycles. The fraction of sp³-hybridized carbons (Fsp3) is 0.875. The fourth-order valence-electron chi connectivity index (χ4n) is 1.03. The first-order valence-electron chi connectivity index (χ1n) is 4.24. The Balaban J connectivity index is 3.53. The van der Waals surface area contributed by atoms with Gasteiger partial charge in [-0.2, -0.15) is 5.26 Å². The average molecular weight is 204 g/mol. The molecule has 1 atom stereocenters. The molecule has 76 valence electrons. The maximum absolute atomic E-state index is 10.8. The molecule has 13 heavy (non-hydrogen) atoms. The molecule has 0 aromatic rings. The summed E-state index contributed by atoms with van der Waals surface area (Å²) in [5.74, 6) is 0.152. The van der Waals surface area contributed by atoms with Gasteiger partial charge in [0.2, 0.25) is 0 Å². The van der Waals surface area contributed by atoms with Gasteiger partial charge in [-0.3, -0.25) is 0 Å². The Labute approximate surface area is 79.9 Å². The first-order chi connectivity index (χ1) is 5.95. The van der Waals surface area contributed by atoms with E-state index in [4.69, 9.17) is 5.26 Å². The smallest absolute Gasteiger partial charge is 0.148 e. The average Bonchev–Trinajstić information content (AvgIpc) is 1.94. The summed E-state index contributed by atoms with van der Waals surface area (Å²) in [6.07, 6.45) is 2.50. The summed E-state index contributed by atoms with van der Waals surface area (Å²) in [7, 11) is -2.89. The lowest BCUT2D eigenvalue weighted by molar-refractivity contribution is 0.553. The Bertz CT molecular complexity index is 266. The Morgan fingerprint density at radius 1 is 1.54 bits per heavy atom. The quantitative estimate of drug-likeness (QED) is 0.632. The molecule has 0 rings (SSSR count). The summed E-state index contributed by atoms with van der Waals surface area (Å²) in [5.41, 5.74) is 0. The van der Waals surface area contributed by atoms with Crippen LogP contribution < -0.4 is 5.32 Å². The van der Waals surface area contributed by atoms with Gasteiger partial charge in [0.1, 0.15) is 9.84 Å². The molecule has 1 N–H and O–H groups in total. The Hall–Kier alpha value is -0.600. The largest absolute Gasteiger partial charge is 0.313 e. The number of rotatable bonds is 6. The zero-order chi connectivity index (χ0) is 10.3. The van der Waals surface area contributed by atoms with Crippen LogP contribution in [0.1, 0.15) is 19.8 Å². The molecule has 0 aliphatic carbocycles. The van der Waals surface area contributed by atoms with Gasteiger partial charge < -0.3 is 5.32 Å². The lowest BCUT2D eigenvalue weighted by Crippen LogP contribution is -2.33. The number of nitrogens with zero attached hydrogens (tertiary/aromatic N) is 1. The van der Waals surface area contributed by atoms with Gasteiger partial charge in [-0.1, -0.05) is 0 Å². The molecule has 0 radical (unpaired) electrons. The van der Waals surface area contributed by atoms with E-state index < -0.39 is 9.84 Å². The summed E-state index contributed by atoms with van der Waals surface area (Å²) >= 11 is 0. The van der Waals surface area contributed by atoms with Crippen LogP contribution in [0.3, 0.4) is 0 Å². The van der Waals surface area contributed by atoms with Crippen molar-refractivity contribution >= 4 is 9.84 Å². The van der Waals surface area contributed by atoms with E-state index in [0.29, 0.717) is 13.0 Å². The number of unbranched alkanes of at least 4 members (excludes halogenated alkanes) is 1. The molecule has 0 bridgehead atoms. The lowest BCUT2D eigenvalue weighted by atomic mass is 10.3. The van der Waals surface area contributed by atoms with Gasteiger partial charge >= 0.3 is 0 Å². The van der Waals surface area contributed by atoms with Crippen LogP contribution in [-0.2, 0) is 9.84 Å². The highest BCUT2D eigenvalue weighted by Gasteiger charge is 2.08. The zero-order valence-electron chi connectivity index (χ0n) is 8.08. The molecule has 0 fully saturated rings. The Morgan fingerprint density at radius 3 is 2.62 bits per heavy atom. The number of hydrogen-bond donors (Lipinski definition) is 1. The molecule has 0 aromatic carbocycles. The van der Waals surface area contributed by atoms with Crippen LogP contribution in [0.5, 0.6) is 0 Å². The van der Waals surface area contributed by atoms with Crippen molar-refractivity contribution in [1.29, 1.82) is 5.26 Å². The molecule has 0 aromatic heterocycles. The van der Waals surface area contributed by atoms with Crippen molar-refractivity contribution < 1.29 is 8.42 Å². The molecule has 0 saturated carbocycles. The van der Waals surface area contributed by atoms with E-state index in [-0.39, 0.29) is 11.8 Å². The number of hydrogen-bond acceptors (Lipinski definition) is 4. The van der Waals surface area contributed by atoms with Crippen molar-refractivity contribution in [2.75, 3.05) is 18.6 Å². The molecular formula is C8H16N2O2S. The fourth-order valence-corrected chi connectivity index (χ4v) is 2.06. The minimum atomic E-state index is -2.89. The van der Waals surface area contributed by atoms with Crippen LogP contribution in [0.2, 0.25) is 0 Å². The van der Waals surface area contributed by atoms with Crippen LogP contribution in [0.4, 0.5) is 0 Å². The normalized spacial score (nSPS) is 13.6. The number of nitriles is 1. The monoisotopic (exact) mass is 204 g/mol. The van der Waals surface area contributed by atoms with Gasteiger partial charge in [-0.15, -0.1) is 0 Å². The standard InChI is InChI=1S/C8H16N2O2S/c1-8(7-13(2,11)12)10-6-4-3-5-9/h8,10H,3-4,6-7H2,1-2H3. The third-order valence-electron chi connectivity index (χ3n) is 1.51. The molecule has 0 spiro atoms. The minimum Gasteiger partial charge on any atom is -0.313 e. The first-order valence-corrected chi connectivity index (χ1v) is 6.30. The van der Waals surface area contributed by atoms with Crippen molar-refractivity contribution in [3.8, 4) is 6.07 Å². The van der Waals surface area contributed by atoms with Gasteiger partial charge in [0.05, 0.1) is 11.8 Å². The van der Waals surface area contributed by atoms with Gasteiger partial charge in [0.25, 0.3) is 0 Å². The first kappa shape index (κ1) is 12.4. The minimum absolute atomic E-state index is 0.0336. The highest BCUT2D eigenvalue weighted by atomic mass is 32.2.